The summed E-state index contributed by atoms with van der Waals surface area (Å²) in [5.74, 6) is 1.74. The third-order valence-corrected chi connectivity index (χ3v) is 3.75. The van der Waals surface area contributed by atoms with Gasteiger partial charge in [-0.05, 0) is 41.1 Å². The summed E-state index contributed by atoms with van der Waals surface area (Å²) in [5, 5.41) is 8.16. The summed E-state index contributed by atoms with van der Waals surface area (Å²) in [5.41, 5.74) is 2.91. The van der Waals surface area contributed by atoms with E-state index in [2.05, 4.69) is 30.3 Å². The molecule has 0 spiro atoms. The molecule has 0 saturated heterocycles. The molecule has 0 unspecified atom stereocenters. The Hall–Kier alpha value is -2.87. The first-order chi connectivity index (χ1) is 10.3. The molecule has 0 bridgehead atoms. The number of ether oxygens (including phenoxy) is 1. The number of hydrogen-bond donors (Lipinski definition) is 1. The molecule has 0 fully saturated rings. The van der Waals surface area contributed by atoms with Crippen molar-refractivity contribution in [3.63, 3.8) is 0 Å². The van der Waals surface area contributed by atoms with Gasteiger partial charge in [-0.15, -0.1) is 0 Å². The van der Waals surface area contributed by atoms with Gasteiger partial charge in [0.05, 0.1) is 0 Å². The number of allylic oxidation sites excluding steroid dienone is 6. The largest absolute Gasteiger partial charge is 0.456 e. The molecule has 2 nitrogen and oxygen atoms in total. The van der Waals surface area contributed by atoms with Crippen molar-refractivity contribution in [2.24, 2.45) is 0 Å². The zero-order chi connectivity index (χ0) is 14.2. The van der Waals surface area contributed by atoms with E-state index in [1.165, 1.54) is 10.8 Å². The van der Waals surface area contributed by atoms with Crippen molar-refractivity contribution < 1.29 is 10.1 Å². The highest BCUT2D eigenvalue weighted by molar-refractivity contribution is 6.01. The van der Waals surface area contributed by atoms with Crippen molar-refractivity contribution in [3.8, 4) is 5.75 Å². The summed E-state index contributed by atoms with van der Waals surface area (Å²) < 4.78 is 6.05. The molecule has 2 aromatic carbocycles. The molecule has 0 atom stereocenters. The normalized spacial score (nSPS) is 16.3. The van der Waals surface area contributed by atoms with Gasteiger partial charge in [0.25, 0.3) is 0 Å². The van der Waals surface area contributed by atoms with Crippen molar-refractivity contribution in [1.29, 1.82) is 0 Å². The molecule has 1 heterocycles. The highest BCUT2D eigenvalue weighted by Gasteiger charge is 2.15. The van der Waals surface area contributed by atoms with E-state index in [-0.39, 0.29) is 0 Å². The first-order valence-electron chi connectivity index (χ1n) is 6.92. The van der Waals surface area contributed by atoms with Gasteiger partial charge in [-0.1, -0.05) is 30.3 Å². The molecular formula is C19H14NO+. The topological polar surface area (TPSA) is 34.8 Å². The van der Waals surface area contributed by atoms with Crippen LogP contribution in [0.4, 0.5) is 0 Å². The molecular weight excluding hydrogens is 258 g/mol. The van der Waals surface area contributed by atoms with Gasteiger partial charge in [-0.3, -0.25) is 5.41 Å². The van der Waals surface area contributed by atoms with Crippen LogP contribution in [0, 0.1) is 0 Å². The lowest BCUT2D eigenvalue weighted by Gasteiger charge is -2.18. The molecule has 4 rings (SSSR count). The standard InChI is InChI=1S/C19H13NO/c20-15-8-5-14(6-9-15)18-12-10-17-16-4-2-1-3-13(16)7-11-19(17)21-18/h1-12,20H/p+1. The molecule has 2 aromatic rings. The number of rotatable bonds is 0. The molecule has 0 saturated carbocycles. The second-order valence-corrected chi connectivity index (χ2v) is 5.12. The first-order valence-corrected chi connectivity index (χ1v) is 6.92. The maximum absolute atomic E-state index is 6.05. The summed E-state index contributed by atoms with van der Waals surface area (Å²) in [6, 6.07) is 12.5. The van der Waals surface area contributed by atoms with Crippen LogP contribution in [0.3, 0.4) is 0 Å². The fourth-order valence-corrected chi connectivity index (χ4v) is 2.65. The Morgan fingerprint density at radius 3 is 2.43 bits per heavy atom. The third-order valence-electron chi connectivity index (χ3n) is 3.75. The Balaban J connectivity index is 1.83. The van der Waals surface area contributed by atoms with Crippen LogP contribution in [0.1, 0.15) is 5.56 Å². The molecule has 1 aliphatic heterocycles. The van der Waals surface area contributed by atoms with E-state index in [9.17, 15) is 0 Å². The lowest BCUT2D eigenvalue weighted by Crippen LogP contribution is -2.37. The molecule has 2 aliphatic rings. The van der Waals surface area contributed by atoms with E-state index >= 15 is 0 Å². The van der Waals surface area contributed by atoms with Gasteiger partial charge < -0.3 is 4.74 Å². The van der Waals surface area contributed by atoms with E-state index in [0.717, 1.165) is 28.4 Å². The minimum atomic E-state index is 0.755. The number of fused-ring (bicyclic) bond motifs is 3. The monoisotopic (exact) mass is 272 g/mol. The lowest BCUT2D eigenvalue weighted by atomic mass is 10.00. The van der Waals surface area contributed by atoms with Crippen LogP contribution in [-0.2, 0) is 0 Å². The predicted octanol–water partition coefficient (Wildman–Crippen LogP) is 2.83. The van der Waals surface area contributed by atoms with E-state index in [1.807, 2.05) is 42.5 Å². The van der Waals surface area contributed by atoms with E-state index in [0.29, 0.717) is 0 Å². The van der Waals surface area contributed by atoms with E-state index < -0.39 is 0 Å². The fraction of sp³-hybridized carbons (Fsp3) is 0. The molecule has 21 heavy (non-hydrogen) atoms. The average molecular weight is 272 g/mol. The van der Waals surface area contributed by atoms with Crippen molar-refractivity contribution in [2.45, 2.75) is 0 Å². The van der Waals surface area contributed by atoms with Crippen LogP contribution in [0.15, 0.2) is 78.1 Å². The van der Waals surface area contributed by atoms with Gasteiger partial charge >= 0.3 is 0 Å². The molecule has 0 aromatic heterocycles. The SMILES string of the molecule is [NH2+]=C1C=CC(=C2C=Cc3c(ccc4ccccc34)O2)C=C1. The Bertz CT molecular complexity index is 864. The highest BCUT2D eigenvalue weighted by Crippen LogP contribution is 2.34. The Labute approximate surface area is 122 Å². The Kier molecular flexibility index (Phi) is 2.61. The number of hydrogen-bond acceptors (Lipinski definition) is 1. The van der Waals surface area contributed by atoms with Crippen LogP contribution in [0.5, 0.6) is 5.75 Å². The van der Waals surface area contributed by atoms with Gasteiger partial charge in [0.1, 0.15) is 11.5 Å². The molecule has 2 heteroatoms. The van der Waals surface area contributed by atoms with Gasteiger partial charge in [-0.2, -0.15) is 0 Å². The van der Waals surface area contributed by atoms with Crippen LogP contribution in [0.25, 0.3) is 16.8 Å². The molecule has 1 aliphatic carbocycles. The van der Waals surface area contributed by atoms with Crippen LogP contribution in [-0.4, -0.2) is 5.71 Å². The maximum Gasteiger partial charge on any atom is 0.196 e. The summed E-state index contributed by atoms with van der Waals surface area (Å²) in [6.07, 6.45) is 11.8. The summed E-state index contributed by atoms with van der Waals surface area (Å²) >= 11 is 0. The first kappa shape index (κ1) is 11.9. The van der Waals surface area contributed by atoms with Crippen molar-refractivity contribution in [2.75, 3.05) is 0 Å². The van der Waals surface area contributed by atoms with Gasteiger partial charge in [-0.25, -0.2) is 0 Å². The Morgan fingerprint density at radius 2 is 1.57 bits per heavy atom. The average Bonchev–Trinajstić information content (AvgIpc) is 2.55. The second kappa shape index (κ2) is 4.60. The Morgan fingerprint density at radius 1 is 0.762 bits per heavy atom. The molecule has 2 N–H and O–H groups in total. The summed E-state index contributed by atoms with van der Waals surface area (Å²) in [7, 11) is 0. The molecule has 100 valence electrons. The predicted molar refractivity (Wildman–Crippen MR) is 85.8 cm³/mol. The van der Waals surface area contributed by atoms with Crippen LogP contribution < -0.4 is 10.1 Å². The summed E-state index contributed by atoms with van der Waals surface area (Å²) in [6.45, 7) is 0. The van der Waals surface area contributed by atoms with Crippen molar-refractivity contribution in [3.05, 3.63) is 83.7 Å². The quantitative estimate of drug-likeness (QED) is 0.786. The lowest BCUT2D eigenvalue weighted by molar-refractivity contribution is -0.110. The number of nitrogens with two attached hydrogens (primary N) is 1. The van der Waals surface area contributed by atoms with E-state index in [1.54, 1.807) is 0 Å². The zero-order valence-corrected chi connectivity index (χ0v) is 11.4. The van der Waals surface area contributed by atoms with Crippen molar-refractivity contribution in [1.82, 2.24) is 0 Å². The minimum absolute atomic E-state index is 0.755. The molecule has 0 radical (unpaired) electrons. The molecule has 0 amide bonds. The number of benzene rings is 2. The van der Waals surface area contributed by atoms with Gasteiger partial charge in [0.15, 0.2) is 5.71 Å². The minimum Gasteiger partial charge on any atom is -0.456 e. The third kappa shape index (κ3) is 2.01. The second-order valence-electron chi connectivity index (χ2n) is 5.12. The maximum atomic E-state index is 6.05. The van der Waals surface area contributed by atoms with Gasteiger partial charge in [0.2, 0.25) is 0 Å². The summed E-state index contributed by atoms with van der Waals surface area (Å²) in [4.78, 5) is 0. The fourth-order valence-electron chi connectivity index (χ4n) is 2.65. The highest BCUT2D eigenvalue weighted by atomic mass is 16.5. The van der Waals surface area contributed by atoms with Crippen LogP contribution in [0.2, 0.25) is 0 Å². The van der Waals surface area contributed by atoms with Gasteiger partial charge in [0, 0.05) is 23.3 Å². The van der Waals surface area contributed by atoms with Crippen LogP contribution >= 0.6 is 0 Å². The zero-order valence-electron chi connectivity index (χ0n) is 11.4. The van der Waals surface area contributed by atoms with Crippen molar-refractivity contribution >= 4 is 22.6 Å². The smallest absolute Gasteiger partial charge is 0.196 e. The van der Waals surface area contributed by atoms with E-state index in [4.69, 9.17) is 10.1 Å².